The summed E-state index contributed by atoms with van der Waals surface area (Å²) in [5, 5.41) is 16.7. The molecule has 4 heterocycles. The van der Waals surface area contributed by atoms with E-state index in [0.29, 0.717) is 43.0 Å². The average Bonchev–Trinajstić information content (AvgIpc) is 4.01. The largest absolute Gasteiger partial charge is 0.455 e. The molecule has 2 bridgehead atoms. The minimum atomic E-state index is -4.54. The Morgan fingerprint density at radius 3 is 2.53 bits per heavy atom. The number of fused-ring (bicyclic) bond motifs is 3. The second-order valence-electron chi connectivity index (χ2n) is 16.5. The van der Waals surface area contributed by atoms with Crippen LogP contribution in [0.1, 0.15) is 53.9 Å². The average molecular weight is 854 g/mol. The van der Waals surface area contributed by atoms with Gasteiger partial charge in [-0.15, -0.1) is 0 Å². The van der Waals surface area contributed by atoms with Gasteiger partial charge in [0.1, 0.15) is 22.8 Å². The summed E-state index contributed by atoms with van der Waals surface area (Å²) in [6.45, 7) is 6.08. The third kappa shape index (κ3) is 8.53. The number of hydrogen-bond acceptors (Lipinski definition) is 11. The van der Waals surface area contributed by atoms with E-state index in [4.69, 9.17) is 21.1 Å². The van der Waals surface area contributed by atoms with E-state index in [1.165, 1.54) is 43.2 Å². The molecule has 4 fully saturated rings. The summed E-state index contributed by atoms with van der Waals surface area (Å²) in [6.07, 6.45) is 8.85. The SMILES string of the molecule is O=C(NS(=O)(=O)c1ccc(NCC2CCOCC2)c([N+](=O)[O-])c1)c1ccc(N2CCN(C[C@@H]3[C@H]4CC[C@H](C4)[C@H]3c3ccc(Cl)cc3)CC2)cc1Oc1cnc2[nH]ccc2c1. The maximum Gasteiger partial charge on any atom is 0.293 e. The molecule has 9 rings (SSSR count). The number of sulfonamides is 1. The molecule has 4 aliphatic rings. The van der Waals surface area contributed by atoms with E-state index >= 15 is 0 Å². The number of halogens is 1. The summed E-state index contributed by atoms with van der Waals surface area (Å²) < 4.78 is 41.2. The first-order chi connectivity index (χ1) is 29.1. The predicted molar refractivity (Wildman–Crippen MR) is 230 cm³/mol. The zero-order valence-corrected chi connectivity index (χ0v) is 34.7. The highest BCUT2D eigenvalue weighted by Crippen LogP contribution is 2.57. The second kappa shape index (κ2) is 17.0. The maximum atomic E-state index is 13.9. The quantitative estimate of drug-likeness (QED) is 0.0779. The Morgan fingerprint density at radius 2 is 1.75 bits per heavy atom. The van der Waals surface area contributed by atoms with Gasteiger partial charge in [-0.05, 0) is 116 Å². The molecular formula is C44H48ClN7O7S. The van der Waals surface area contributed by atoms with E-state index in [2.05, 4.69) is 41.9 Å². The van der Waals surface area contributed by atoms with Gasteiger partial charge in [0.15, 0.2) is 0 Å². The Morgan fingerprint density at radius 1 is 0.967 bits per heavy atom. The van der Waals surface area contributed by atoms with Crippen LogP contribution in [0.4, 0.5) is 17.1 Å². The van der Waals surface area contributed by atoms with Gasteiger partial charge in [0, 0.05) is 86.9 Å². The summed E-state index contributed by atoms with van der Waals surface area (Å²) in [5.74, 6) is 2.48. The van der Waals surface area contributed by atoms with Crippen molar-refractivity contribution in [2.45, 2.75) is 42.9 Å². The van der Waals surface area contributed by atoms with Crippen LogP contribution in [0.25, 0.3) is 11.0 Å². The van der Waals surface area contributed by atoms with Crippen LogP contribution < -0.4 is 19.7 Å². The minimum absolute atomic E-state index is 0.0242. The Kier molecular flexibility index (Phi) is 11.4. The lowest BCUT2D eigenvalue weighted by Gasteiger charge is -2.40. The zero-order chi connectivity index (χ0) is 41.4. The summed E-state index contributed by atoms with van der Waals surface area (Å²) in [5.41, 5.74) is 2.67. The van der Waals surface area contributed by atoms with Gasteiger partial charge in [0.05, 0.1) is 21.6 Å². The molecule has 0 radical (unpaired) electrons. The number of nitrogens with one attached hydrogen (secondary N) is 3. The number of amides is 1. The van der Waals surface area contributed by atoms with Gasteiger partial charge in [-0.25, -0.2) is 18.1 Å². The summed E-state index contributed by atoms with van der Waals surface area (Å²) in [7, 11) is -4.54. The van der Waals surface area contributed by atoms with Crippen molar-refractivity contribution >= 4 is 55.6 Å². The number of carbonyl (C=O) groups excluding carboxylic acids is 1. The van der Waals surface area contributed by atoms with Crippen LogP contribution in [0.15, 0.2) is 90.1 Å². The number of nitro benzene ring substituents is 1. The first kappa shape index (κ1) is 40.2. The monoisotopic (exact) mass is 853 g/mol. The summed E-state index contributed by atoms with van der Waals surface area (Å²) in [4.78, 5) is 37.2. The van der Waals surface area contributed by atoms with E-state index < -0.39 is 31.4 Å². The van der Waals surface area contributed by atoms with E-state index in [1.807, 2.05) is 18.2 Å². The molecule has 314 valence electrons. The van der Waals surface area contributed by atoms with Crippen molar-refractivity contribution in [3.63, 3.8) is 0 Å². The van der Waals surface area contributed by atoms with Crippen LogP contribution in [-0.2, 0) is 14.8 Å². The molecule has 0 unspecified atom stereocenters. The van der Waals surface area contributed by atoms with Crippen LogP contribution >= 0.6 is 11.6 Å². The van der Waals surface area contributed by atoms with Crippen LogP contribution in [-0.4, -0.2) is 86.6 Å². The lowest BCUT2D eigenvalue weighted by Crippen LogP contribution is -2.48. The third-order valence-corrected chi connectivity index (χ3v) is 14.6. The van der Waals surface area contributed by atoms with E-state index in [9.17, 15) is 23.3 Å². The number of piperazine rings is 1. The van der Waals surface area contributed by atoms with Crippen molar-refractivity contribution in [1.82, 2.24) is 19.6 Å². The molecule has 14 nitrogen and oxygen atoms in total. The normalized spacial score (nSPS) is 22.2. The number of hydrogen-bond donors (Lipinski definition) is 3. The summed E-state index contributed by atoms with van der Waals surface area (Å²) >= 11 is 6.25. The Labute approximate surface area is 353 Å². The van der Waals surface area contributed by atoms with Crippen LogP contribution in [0, 0.1) is 33.8 Å². The fraction of sp³-hybridized carbons (Fsp3) is 0.409. The van der Waals surface area contributed by atoms with Gasteiger partial charge in [-0.1, -0.05) is 23.7 Å². The van der Waals surface area contributed by atoms with Crippen LogP contribution in [0.2, 0.25) is 5.02 Å². The summed E-state index contributed by atoms with van der Waals surface area (Å²) in [6, 6.07) is 20.8. The van der Waals surface area contributed by atoms with Crippen molar-refractivity contribution in [3.8, 4) is 11.5 Å². The number of carbonyl (C=O) groups is 1. The molecule has 3 N–H and O–H groups in total. The minimum Gasteiger partial charge on any atom is -0.455 e. The van der Waals surface area contributed by atoms with Gasteiger partial charge in [-0.2, -0.15) is 0 Å². The van der Waals surface area contributed by atoms with Crippen molar-refractivity contribution in [2.75, 3.05) is 62.7 Å². The molecule has 16 heteroatoms. The molecule has 2 aliphatic heterocycles. The highest BCUT2D eigenvalue weighted by atomic mass is 35.5. The first-order valence-electron chi connectivity index (χ1n) is 20.7. The van der Waals surface area contributed by atoms with Gasteiger partial charge in [0.2, 0.25) is 0 Å². The number of ether oxygens (including phenoxy) is 2. The van der Waals surface area contributed by atoms with E-state index in [1.54, 1.807) is 30.5 Å². The number of anilines is 2. The molecule has 3 aromatic carbocycles. The number of pyridine rings is 1. The molecule has 2 aromatic heterocycles. The standard InChI is InChI=1S/C44H48ClN7O7S/c45-33-5-3-29(4-6-33)42-31-2-1-30(21-31)38(42)27-50-15-17-51(18-16-50)34-7-9-37(41(23-34)59-35-22-32-11-14-46-43(32)48-26-35)44(53)49-60(56,57)36-8-10-39(40(24-36)52(54)55)47-25-28-12-19-58-20-13-28/h3-11,14,22-24,26,28,30-31,38,42,47H,1-2,12-13,15-21,25,27H2,(H,46,48)(H,49,53)/t30-,31+,38+,42+/m0/s1. The Bertz CT molecular complexity index is 2490. The Balaban J connectivity index is 0.916. The zero-order valence-electron chi connectivity index (χ0n) is 33.1. The number of H-pyrrole nitrogens is 1. The smallest absolute Gasteiger partial charge is 0.293 e. The number of nitro groups is 1. The number of benzene rings is 3. The lowest BCUT2D eigenvalue weighted by molar-refractivity contribution is -0.384. The molecule has 2 saturated carbocycles. The molecular weight excluding hydrogens is 806 g/mol. The fourth-order valence-electron chi connectivity index (χ4n) is 9.87. The highest BCUT2D eigenvalue weighted by Gasteiger charge is 2.48. The van der Waals surface area contributed by atoms with Crippen molar-refractivity contribution in [2.24, 2.45) is 23.7 Å². The maximum absolute atomic E-state index is 13.9. The number of rotatable bonds is 13. The molecule has 2 aliphatic carbocycles. The predicted octanol–water partition coefficient (Wildman–Crippen LogP) is 7.83. The number of aromatic nitrogens is 2. The van der Waals surface area contributed by atoms with Gasteiger partial charge in [-0.3, -0.25) is 19.8 Å². The van der Waals surface area contributed by atoms with Crippen molar-refractivity contribution < 1.29 is 27.6 Å². The molecule has 0 spiro atoms. The molecule has 4 atom stereocenters. The second-order valence-corrected chi connectivity index (χ2v) is 18.7. The molecule has 60 heavy (non-hydrogen) atoms. The van der Waals surface area contributed by atoms with Gasteiger partial charge in [0.25, 0.3) is 21.6 Å². The highest BCUT2D eigenvalue weighted by molar-refractivity contribution is 7.90. The van der Waals surface area contributed by atoms with E-state index in [0.717, 1.165) is 79.6 Å². The van der Waals surface area contributed by atoms with Crippen LogP contribution in [0.3, 0.4) is 0 Å². The number of nitrogens with zero attached hydrogens (tertiary/aromatic N) is 4. The molecule has 5 aromatic rings. The first-order valence-corrected chi connectivity index (χ1v) is 22.6. The van der Waals surface area contributed by atoms with E-state index in [-0.39, 0.29) is 22.9 Å². The Hall–Kier alpha value is -5.22. The van der Waals surface area contributed by atoms with Crippen LogP contribution in [0.5, 0.6) is 11.5 Å². The van der Waals surface area contributed by atoms with Crippen molar-refractivity contribution in [1.29, 1.82) is 0 Å². The van der Waals surface area contributed by atoms with Gasteiger partial charge >= 0.3 is 0 Å². The topological polar surface area (TPSA) is 172 Å². The molecule has 1 amide bonds. The third-order valence-electron chi connectivity index (χ3n) is 13.0. The van der Waals surface area contributed by atoms with Gasteiger partial charge < -0.3 is 24.7 Å². The number of aromatic amines is 1. The lowest BCUT2D eigenvalue weighted by atomic mass is 9.75. The fourth-order valence-corrected chi connectivity index (χ4v) is 11.0. The molecule has 2 saturated heterocycles. The van der Waals surface area contributed by atoms with Crippen molar-refractivity contribution in [3.05, 3.63) is 111 Å².